The smallest absolute Gasteiger partial charge is 0.0417 e. The Morgan fingerprint density at radius 2 is 2.23 bits per heavy atom. The molecule has 72 valence electrons. The van der Waals surface area contributed by atoms with Crippen LogP contribution in [0.25, 0.3) is 0 Å². The summed E-state index contributed by atoms with van der Waals surface area (Å²) in [4.78, 5) is 1.22. The maximum absolute atomic E-state index is 5.90. The van der Waals surface area contributed by atoms with Gasteiger partial charge in [0.15, 0.2) is 0 Å². The van der Waals surface area contributed by atoms with Crippen LogP contribution in [-0.4, -0.2) is 5.75 Å². The lowest BCUT2D eigenvalue weighted by atomic mass is 10.2. The summed E-state index contributed by atoms with van der Waals surface area (Å²) in [6.45, 7) is 2.75. The predicted octanol–water partition coefficient (Wildman–Crippen LogP) is 3.30. The molecule has 0 spiro atoms. The zero-order valence-electron chi connectivity index (χ0n) is 7.72. The van der Waals surface area contributed by atoms with Crippen LogP contribution in [0.5, 0.6) is 0 Å². The van der Waals surface area contributed by atoms with Gasteiger partial charge >= 0.3 is 0 Å². The monoisotopic (exact) mass is 215 g/mol. The molecule has 0 saturated carbocycles. The lowest BCUT2D eigenvalue weighted by molar-refractivity contribution is 1.02. The minimum atomic E-state index is 0.587. The van der Waals surface area contributed by atoms with Crippen molar-refractivity contribution in [2.75, 3.05) is 5.75 Å². The summed E-state index contributed by atoms with van der Waals surface area (Å²) in [5, 5.41) is 0.788. The minimum absolute atomic E-state index is 0.587. The summed E-state index contributed by atoms with van der Waals surface area (Å²) in [7, 11) is 0. The Morgan fingerprint density at radius 1 is 1.46 bits per heavy atom. The molecule has 13 heavy (non-hydrogen) atoms. The van der Waals surface area contributed by atoms with Gasteiger partial charge in [-0.05, 0) is 29.9 Å². The van der Waals surface area contributed by atoms with Crippen LogP contribution >= 0.6 is 23.4 Å². The molecule has 0 unspecified atom stereocenters. The standard InChI is InChI=1S/C10H14ClNS/c1-2-5-13-10-6-9(11)4-3-8(10)7-12/h3-4,6H,2,5,7,12H2,1H3. The second-order valence-electron chi connectivity index (χ2n) is 2.80. The van der Waals surface area contributed by atoms with E-state index in [0.717, 1.165) is 10.8 Å². The number of thioether (sulfide) groups is 1. The van der Waals surface area contributed by atoms with E-state index in [1.165, 1.54) is 16.9 Å². The normalized spacial score (nSPS) is 10.4. The highest BCUT2D eigenvalue weighted by atomic mass is 35.5. The van der Waals surface area contributed by atoms with Crippen molar-refractivity contribution < 1.29 is 0 Å². The van der Waals surface area contributed by atoms with Crippen molar-refractivity contribution in [2.24, 2.45) is 5.73 Å². The Kier molecular flexibility index (Phi) is 4.64. The second kappa shape index (κ2) is 5.53. The quantitative estimate of drug-likeness (QED) is 0.780. The van der Waals surface area contributed by atoms with Gasteiger partial charge in [0, 0.05) is 16.5 Å². The van der Waals surface area contributed by atoms with Crippen LogP contribution in [-0.2, 0) is 6.54 Å². The number of hydrogen-bond acceptors (Lipinski definition) is 2. The Hall–Kier alpha value is -0.180. The summed E-state index contributed by atoms with van der Waals surface area (Å²) in [6.07, 6.45) is 1.17. The van der Waals surface area contributed by atoms with E-state index in [-0.39, 0.29) is 0 Å². The van der Waals surface area contributed by atoms with Crippen LogP contribution in [0, 0.1) is 0 Å². The first-order valence-electron chi connectivity index (χ1n) is 4.39. The zero-order chi connectivity index (χ0) is 9.68. The molecule has 0 heterocycles. The Labute approximate surface area is 88.7 Å². The zero-order valence-corrected chi connectivity index (χ0v) is 9.29. The molecule has 0 fully saturated rings. The largest absolute Gasteiger partial charge is 0.326 e. The van der Waals surface area contributed by atoms with E-state index in [0.29, 0.717) is 6.54 Å². The lowest BCUT2D eigenvalue weighted by Crippen LogP contribution is -1.98. The summed E-state index contributed by atoms with van der Waals surface area (Å²) in [6, 6.07) is 5.88. The molecule has 0 amide bonds. The van der Waals surface area contributed by atoms with Gasteiger partial charge in [0.05, 0.1) is 0 Å². The van der Waals surface area contributed by atoms with Crippen molar-refractivity contribution in [3.63, 3.8) is 0 Å². The van der Waals surface area contributed by atoms with Crippen LogP contribution in [0.2, 0.25) is 5.02 Å². The van der Waals surface area contributed by atoms with Gasteiger partial charge < -0.3 is 5.73 Å². The van der Waals surface area contributed by atoms with E-state index in [4.69, 9.17) is 17.3 Å². The molecule has 0 atom stereocenters. The molecule has 0 radical (unpaired) electrons. The first-order chi connectivity index (χ1) is 6.27. The van der Waals surface area contributed by atoms with Crippen molar-refractivity contribution in [3.8, 4) is 0 Å². The molecule has 0 saturated heterocycles. The van der Waals surface area contributed by atoms with Gasteiger partial charge in [-0.2, -0.15) is 0 Å². The Morgan fingerprint density at radius 3 is 2.85 bits per heavy atom. The van der Waals surface area contributed by atoms with Crippen molar-refractivity contribution in [2.45, 2.75) is 24.8 Å². The fourth-order valence-corrected chi connectivity index (χ4v) is 2.25. The van der Waals surface area contributed by atoms with E-state index in [9.17, 15) is 0 Å². The Bertz CT molecular complexity index is 276. The summed E-state index contributed by atoms with van der Waals surface area (Å²) >= 11 is 7.72. The number of halogens is 1. The highest BCUT2D eigenvalue weighted by molar-refractivity contribution is 7.99. The molecule has 0 aromatic heterocycles. The van der Waals surface area contributed by atoms with Crippen LogP contribution < -0.4 is 5.73 Å². The topological polar surface area (TPSA) is 26.0 Å². The average Bonchev–Trinajstić information content (AvgIpc) is 2.15. The first-order valence-corrected chi connectivity index (χ1v) is 5.75. The van der Waals surface area contributed by atoms with Crippen molar-refractivity contribution in [1.82, 2.24) is 0 Å². The third-order valence-electron chi connectivity index (χ3n) is 1.71. The highest BCUT2D eigenvalue weighted by Gasteiger charge is 2.01. The summed E-state index contributed by atoms with van der Waals surface area (Å²) in [5.41, 5.74) is 6.80. The first kappa shape index (κ1) is 10.9. The van der Waals surface area contributed by atoms with Crippen LogP contribution in [0.1, 0.15) is 18.9 Å². The molecule has 3 heteroatoms. The van der Waals surface area contributed by atoms with E-state index in [1.807, 2.05) is 30.0 Å². The molecule has 0 aliphatic rings. The van der Waals surface area contributed by atoms with E-state index in [2.05, 4.69) is 6.92 Å². The van der Waals surface area contributed by atoms with Gasteiger partial charge in [-0.25, -0.2) is 0 Å². The molecular formula is C10H14ClNS. The van der Waals surface area contributed by atoms with Gasteiger partial charge in [0.2, 0.25) is 0 Å². The van der Waals surface area contributed by atoms with Crippen molar-refractivity contribution in [3.05, 3.63) is 28.8 Å². The summed E-state index contributed by atoms with van der Waals surface area (Å²) in [5.74, 6) is 1.12. The Balaban J connectivity index is 2.81. The van der Waals surface area contributed by atoms with E-state index >= 15 is 0 Å². The van der Waals surface area contributed by atoms with E-state index < -0.39 is 0 Å². The molecule has 0 bridgehead atoms. The molecule has 1 nitrogen and oxygen atoms in total. The van der Waals surface area contributed by atoms with Gasteiger partial charge in [0.25, 0.3) is 0 Å². The third kappa shape index (κ3) is 3.22. The summed E-state index contributed by atoms with van der Waals surface area (Å²) < 4.78 is 0. The fourth-order valence-electron chi connectivity index (χ4n) is 1.04. The fraction of sp³-hybridized carbons (Fsp3) is 0.400. The molecule has 1 aromatic carbocycles. The van der Waals surface area contributed by atoms with Gasteiger partial charge in [0.1, 0.15) is 0 Å². The van der Waals surface area contributed by atoms with Crippen molar-refractivity contribution in [1.29, 1.82) is 0 Å². The van der Waals surface area contributed by atoms with Gasteiger partial charge in [-0.1, -0.05) is 24.6 Å². The SMILES string of the molecule is CCCSc1cc(Cl)ccc1CN. The number of nitrogens with two attached hydrogens (primary N) is 1. The van der Waals surface area contributed by atoms with Gasteiger partial charge in [-0.15, -0.1) is 11.8 Å². The molecule has 1 rings (SSSR count). The van der Waals surface area contributed by atoms with Crippen LogP contribution in [0.4, 0.5) is 0 Å². The third-order valence-corrected chi connectivity index (χ3v) is 3.25. The average molecular weight is 216 g/mol. The molecule has 2 N–H and O–H groups in total. The van der Waals surface area contributed by atoms with Gasteiger partial charge in [-0.3, -0.25) is 0 Å². The molecule has 1 aromatic rings. The lowest BCUT2D eigenvalue weighted by Gasteiger charge is -2.06. The maximum Gasteiger partial charge on any atom is 0.0417 e. The maximum atomic E-state index is 5.90. The van der Waals surface area contributed by atoms with Crippen molar-refractivity contribution >= 4 is 23.4 Å². The predicted molar refractivity (Wildman–Crippen MR) is 60.4 cm³/mol. The molecule has 0 aliphatic heterocycles. The van der Waals surface area contributed by atoms with Crippen LogP contribution in [0.3, 0.4) is 0 Å². The number of benzene rings is 1. The van der Waals surface area contributed by atoms with Crippen LogP contribution in [0.15, 0.2) is 23.1 Å². The highest BCUT2D eigenvalue weighted by Crippen LogP contribution is 2.26. The molecular weight excluding hydrogens is 202 g/mol. The number of rotatable bonds is 4. The van der Waals surface area contributed by atoms with E-state index in [1.54, 1.807) is 0 Å². The number of hydrogen-bond donors (Lipinski definition) is 1. The molecule has 0 aliphatic carbocycles. The minimum Gasteiger partial charge on any atom is -0.326 e. The second-order valence-corrected chi connectivity index (χ2v) is 4.38.